The van der Waals surface area contributed by atoms with Crippen LogP contribution in [0.4, 0.5) is 4.79 Å². The van der Waals surface area contributed by atoms with Crippen LogP contribution in [0, 0.1) is 5.41 Å². The highest BCUT2D eigenvalue weighted by atomic mass is 16.3. The van der Waals surface area contributed by atoms with Gasteiger partial charge in [0.05, 0.1) is 13.1 Å². The fourth-order valence-corrected chi connectivity index (χ4v) is 6.53. The highest BCUT2D eigenvalue weighted by Crippen LogP contribution is 2.38. The quantitative estimate of drug-likeness (QED) is 0.181. The average Bonchev–Trinajstić information content (AvgIpc) is 3.37. The van der Waals surface area contributed by atoms with E-state index >= 15 is 0 Å². The van der Waals surface area contributed by atoms with Crippen molar-refractivity contribution in [1.29, 1.82) is 5.41 Å². The maximum atomic E-state index is 14.4. The van der Waals surface area contributed by atoms with E-state index in [0.29, 0.717) is 0 Å². The molecule has 4 aromatic carbocycles. The number of piperazine rings is 1. The second kappa shape index (κ2) is 12.9. The third kappa shape index (κ3) is 5.70. The second-order valence-corrected chi connectivity index (χ2v) is 11.6. The van der Waals surface area contributed by atoms with E-state index < -0.39 is 17.7 Å². The number of phenolic OH excluding ortho intramolecular Hbond substituents is 1. The van der Waals surface area contributed by atoms with Crippen molar-refractivity contribution in [2.45, 2.75) is 31.2 Å². The smallest absolute Gasteiger partial charge is 0.332 e. The molecule has 0 saturated carbocycles. The van der Waals surface area contributed by atoms with E-state index in [-0.39, 0.29) is 56.7 Å². The number of aromatic hydroxyl groups is 1. The van der Waals surface area contributed by atoms with Gasteiger partial charge < -0.3 is 25.6 Å². The Morgan fingerprint density at radius 1 is 0.978 bits per heavy atom. The van der Waals surface area contributed by atoms with Crippen molar-refractivity contribution < 1.29 is 19.5 Å². The summed E-state index contributed by atoms with van der Waals surface area (Å²) in [5, 5.41) is 26.6. The lowest BCUT2D eigenvalue weighted by atomic mass is 9.94. The van der Waals surface area contributed by atoms with Gasteiger partial charge in [-0.15, -0.1) is 6.58 Å². The van der Waals surface area contributed by atoms with Crippen molar-refractivity contribution in [2.24, 2.45) is 0 Å². The Morgan fingerprint density at radius 3 is 2.43 bits per heavy atom. The molecule has 46 heavy (non-hydrogen) atoms. The van der Waals surface area contributed by atoms with Gasteiger partial charge in [0.2, 0.25) is 11.8 Å². The minimum absolute atomic E-state index is 0.0179. The summed E-state index contributed by atoms with van der Waals surface area (Å²) in [5.41, 5.74) is 1.15. The first-order chi connectivity index (χ1) is 22.3. The Bertz CT molecular complexity index is 1770. The Kier molecular flexibility index (Phi) is 8.54. The number of carbonyl (C=O) groups is 3. The van der Waals surface area contributed by atoms with E-state index in [1.807, 2.05) is 72.8 Å². The van der Waals surface area contributed by atoms with Gasteiger partial charge in [-0.25, -0.2) is 4.79 Å². The van der Waals surface area contributed by atoms with Crippen LogP contribution in [0.15, 0.2) is 110 Å². The van der Waals surface area contributed by atoms with Crippen molar-refractivity contribution in [1.82, 2.24) is 25.1 Å². The van der Waals surface area contributed by atoms with Crippen LogP contribution < -0.4 is 5.32 Å². The lowest BCUT2D eigenvalue weighted by Gasteiger charge is -2.52. The van der Waals surface area contributed by atoms with E-state index in [1.54, 1.807) is 40.3 Å². The van der Waals surface area contributed by atoms with Crippen molar-refractivity contribution in [3.63, 3.8) is 0 Å². The molecule has 0 spiro atoms. The maximum Gasteiger partial charge on any atom is 0.332 e. The number of fused-ring (bicyclic) bond motifs is 2. The Hall–Kier alpha value is -5.48. The van der Waals surface area contributed by atoms with Gasteiger partial charge in [0, 0.05) is 25.7 Å². The summed E-state index contributed by atoms with van der Waals surface area (Å²) in [6.07, 6.45) is 2.91. The highest BCUT2D eigenvalue weighted by molar-refractivity contribution is 5.97. The molecule has 2 heterocycles. The minimum Gasteiger partial charge on any atom is -0.508 e. The molecule has 6 rings (SSSR count). The lowest BCUT2D eigenvalue weighted by molar-refractivity contribution is -0.164. The molecule has 0 aromatic heterocycles. The number of carbonyl (C=O) groups excluding carboxylic acids is 3. The first-order valence-corrected chi connectivity index (χ1v) is 15.2. The molecule has 2 fully saturated rings. The van der Waals surface area contributed by atoms with Crippen LogP contribution in [0.2, 0.25) is 0 Å². The summed E-state index contributed by atoms with van der Waals surface area (Å²) in [6, 6.07) is 28.5. The molecule has 2 atom stereocenters. The molecule has 3 N–H and O–H groups in total. The van der Waals surface area contributed by atoms with E-state index in [4.69, 9.17) is 5.41 Å². The third-order valence-electron chi connectivity index (χ3n) is 8.70. The van der Waals surface area contributed by atoms with Crippen LogP contribution in [0.3, 0.4) is 0 Å². The first-order valence-electron chi connectivity index (χ1n) is 15.2. The molecule has 0 unspecified atom stereocenters. The zero-order chi connectivity index (χ0) is 32.3. The molecule has 10 nitrogen and oxygen atoms in total. The van der Waals surface area contributed by atoms with Crippen LogP contribution in [-0.4, -0.2) is 80.3 Å². The summed E-state index contributed by atoms with van der Waals surface area (Å²) < 4.78 is 0. The average molecular weight is 617 g/mol. The van der Waals surface area contributed by atoms with Crippen LogP contribution in [-0.2, 0) is 29.1 Å². The van der Waals surface area contributed by atoms with Gasteiger partial charge in [0.25, 0.3) is 0 Å². The molecule has 4 aromatic rings. The molecule has 0 aliphatic carbocycles. The van der Waals surface area contributed by atoms with Crippen LogP contribution in [0.25, 0.3) is 10.8 Å². The second-order valence-electron chi connectivity index (χ2n) is 11.6. The fraction of sp³-hybridized carbons (Fsp3) is 0.222. The number of urea groups is 1. The van der Waals surface area contributed by atoms with Gasteiger partial charge in [-0.2, -0.15) is 5.01 Å². The topological polar surface area (TPSA) is 120 Å². The molecule has 2 aliphatic heterocycles. The fourth-order valence-electron chi connectivity index (χ4n) is 6.53. The molecule has 2 saturated heterocycles. The number of benzene rings is 4. The Morgan fingerprint density at radius 2 is 1.70 bits per heavy atom. The normalized spacial score (nSPS) is 19.6. The van der Waals surface area contributed by atoms with Gasteiger partial charge >= 0.3 is 6.03 Å². The Balaban J connectivity index is 1.39. The lowest BCUT2D eigenvalue weighted by Crippen LogP contribution is -2.74. The van der Waals surface area contributed by atoms with Crippen molar-refractivity contribution in [2.75, 3.05) is 19.6 Å². The number of nitrogens with one attached hydrogen (secondary N) is 2. The Labute approximate surface area is 267 Å². The van der Waals surface area contributed by atoms with Gasteiger partial charge in [0.15, 0.2) is 5.66 Å². The van der Waals surface area contributed by atoms with E-state index in [1.165, 1.54) is 16.1 Å². The summed E-state index contributed by atoms with van der Waals surface area (Å²) in [4.78, 5) is 45.2. The highest BCUT2D eigenvalue weighted by Gasteiger charge is 2.61. The first kappa shape index (κ1) is 30.5. The minimum atomic E-state index is -1.44. The van der Waals surface area contributed by atoms with E-state index in [0.717, 1.165) is 27.5 Å². The number of hydrazine groups is 1. The monoisotopic (exact) mass is 616 g/mol. The number of rotatable bonds is 10. The molecule has 4 amide bonds. The van der Waals surface area contributed by atoms with Gasteiger partial charge in [-0.1, -0.05) is 91.0 Å². The molecule has 0 radical (unpaired) electrons. The number of hydrogen-bond donors (Lipinski definition) is 3. The molecule has 234 valence electrons. The third-order valence-corrected chi connectivity index (χ3v) is 8.70. The predicted octanol–water partition coefficient (Wildman–Crippen LogP) is 4.30. The molecular formula is C36H36N6O4. The summed E-state index contributed by atoms with van der Waals surface area (Å²) >= 11 is 0. The zero-order valence-electron chi connectivity index (χ0n) is 25.4. The van der Waals surface area contributed by atoms with E-state index in [9.17, 15) is 19.5 Å². The number of hydrogen-bond acceptors (Lipinski definition) is 6. The van der Waals surface area contributed by atoms with Crippen LogP contribution >= 0.6 is 0 Å². The van der Waals surface area contributed by atoms with Crippen molar-refractivity contribution >= 4 is 34.8 Å². The van der Waals surface area contributed by atoms with Gasteiger partial charge in [-0.05, 0) is 39.6 Å². The van der Waals surface area contributed by atoms with E-state index in [2.05, 4.69) is 11.9 Å². The zero-order valence-corrected chi connectivity index (χ0v) is 25.4. The maximum absolute atomic E-state index is 14.4. The molecular weight excluding hydrogens is 580 g/mol. The number of amides is 4. The summed E-state index contributed by atoms with van der Waals surface area (Å²) in [6.45, 7) is 4.22. The van der Waals surface area contributed by atoms with Gasteiger partial charge in [0.1, 0.15) is 18.3 Å². The number of phenols is 1. The number of nitrogens with zero attached hydrogens (tertiary/aromatic N) is 4. The predicted molar refractivity (Wildman–Crippen MR) is 176 cm³/mol. The van der Waals surface area contributed by atoms with Crippen molar-refractivity contribution in [3.05, 3.63) is 126 Å². The van der Waals surface area contributed by atoms with Crippen molar-refractivity contribution in [3.8, 4) is 5.75 Å². The standard InChI is InChI=1S/C36H36N6O4/c1-2-19-40(35(46)38-21-27-9-4-3-5-10-27)41-23-33(44)42-32(20-26-15-17-30(43)18-16-26)34(45)39(25-36(41,42)24-37)22-29-13-8-12-28-11-6-7-14-31(28)29/h2-18,24,32,37,43H,1,19-23,25H2,(H,38,46)/t32-,36+/m0/s1. The molecule has 10 heteroatoms. The van der Waals surface area contributed by atoms with Gasteiger partial charge in [-0.3, -0.25) is 14.6 Å². The SMILES string of the molecule is C=CCN(C(=O)NCc1ccccc1)N1CC(=O)N2[C@@H](Cc3ccc(O)cc3)C(=O)N(Cc3cccc4ccccc34)C[C@@]21C=N. The summed E-state index contributed by atoms with van der Waals surface area (Å²) in [5.74, 6) is -0.525. The van der Waals surface area contributed by atoms with Crippen LogP contribution in [0.5, 0.6) is 5.75 Å². The molecule has 0 bridgehead atoms. The van der Waals surface area contributed by atoms with Crippen LogP contribution in [0.1, 0.15) is 16.7 Å². The largest absolute Gasteiger partial charge is 0.508 e. The molecule has 2 aliphatic rings. The summed E-state index contributed by atoms with van der Waals surface area (Å²) in [7, 11) is 0.